The first-order chi connectivity index (χ1) is 17.7. The molecule has 8 heteroatoms. The van der Waals surface area contributed by atoms with Crippen LogP contribution in [0, 0.1) is 0 Å². The molecule has 0 unspecified atom stereocenters. The van der Waals surface area contributed by atoms with Crippen molar-refractivity contribution in [3.63, 3.8) is 0 Å². The van der Waals surface area contributed by atoms with Crippen molar-refractivity contribution in [1.29, 1.82) is 0 Å². The Morgan fingerprint density at radius 1 is 0.861 bits per heavy atom. The monoisotopic (exact) mass is 479 g/mol. The maximum Gasteiger partial charge on any atom is 0.255 e. The van der Waals surface area contributed by atoms with Crippen LogP contribution in [0.4, 0.5) is 0 Å². The van der Waals surface area contributed by atoms with Crippen LogP contribution in [0.5, 0.6) is 11.5 Å². The predicted molar refractivity (Wildman–Crippen MR) is 137 cm³/mol. The van der Waals surface area contributed by atoms with Crippen LogP contribution in [0.1, 0.15) is 15.9 Å². The van der Waals surface area contributed by atoms with Crippen LogP contribution in [0.15, 0.2) is 97.5 Å². The molecule has 3 aromatic carbocycles. The van der Waals surface area contributed by atoms with Gasteiger partial charge in [0.1, 0.15) is 17.2 Å². The van der Waals surface area contributed by atoms with Gasteiger partial charge in [0.15, 0.2) is 0 Å². The van der Waals surface area contributed by atoms with Gasteiger partial charge in [0.25, 0.3) is 5.91 Å². The molecule has 8 nitrogen and oxygen atoms in total. The quantitative estimate of drug-likeness (QED) is 0.350. The number of para-hydroxylation sites is 2. The van der Waals surface area contributed by atoms with Crippen LogP contribution >= 0.6 is 0 Å². The first kappa shape index (κ1) is 22.9. The van der Waals surface area contributed by atoms with Crippen LogP contribution in [-0.2, 0) is 6.54 Å². The molecular weight excluding hydrogens is 454 g/mol. The fraction of sp³-hybridized carbons (Fsp3) is 0.107. The van der Waals surface area contributed by atoms with Gasteiger partial charge < -0.3 is 14.8 Å². The van der Waals surface area contributed by atoms with Gasteiger partial charge in [-0.25, -0.2) is 9.36 Å². The fourth-order valence-corrected chi connectivity index (χ4v) is 3.90. The molecule has 0 bridgehead atoms. The summed E-state index contributed by atoms with van der Waals surface area (Å²) in [5.74, 6) is 0.961. The van der Waals surface area contributed by atoms with Crippen molar-refractivity contribution in [3.8, 4) is 34.1 Å². The van der Waals surface area contributed by atoms with E-state index >= 15 is 0 Å². The van der Waals surface area contributed by atoms with E-state index in [1.807, 2.05) is 79.0 Å². The first-order valence-electron chi connectivity index (χ1n) is 11.4. The van der Waals surface area contributed by atoms with E-state index in [-0.39, 0.29) is 5.91 Å². The number of carbonyl (C=O) groups is 1. The lowest BCUT2D eigenvalue weighted by Gasteiger charge is -2.10. The number of rotatable bonds is 8. The summed E-state index contributed by atoms with van der Waals surface area (Å²) >= 11 is 0. The van der Waals surface area contributed by atoms with Crippen molar-refractivity contribution in [2.45, 2.75) is 6.54 Å². The first-order valence-corrected chi connectivity index (χ1v) is 11.4. The number of amides is 1. The van der Waals surface area contributed by atoms with Crippen LogP contribution in [0.3, 0.4) is 0 Å². The standard InChI is InChI=1S/C28H25N5O3/c1-35-23-13-14-24(26(15-23)36-2)27-25(19-33(31-27)22-11-7-4-8-12-22)28(34)29-16-20-17-30-32(18-20)21-9-5-3-6-10-21/h3-15,17-19H,16H2,1-2H3,(H,29,34). The number of aromatic nitrogens is 4. The molecule has 0 aliphatic carbocycles. The molecule has 1 amide bonds. The molecule has 36 heavy (non-hydrogen) atoms. The van der Waals surface area contributed by atoms with E-state index in [0.29, 0.717) is 34.9 Å². The molecule has 5 rings (SSSR count). The van der Waals surface area contributed by atoms with E-state index in [4.69, 9.17) is 14.6 Å². The lowest BCUT2D eigenvalue weighted by molar-refractivity contribution is 0.0951. The summed E-state index contributed by atoms with van der Waals surface area (Å²) in [6.07, 6.45) is 5.38. The number of nitrogens with zero attached hydrogens (tertiary/aromatic N) is 4. The van der Waals surface area contributed by atoms with Gasteiger partial charge in [0, 0.05) is 36.1 Å². The van der Waals surface area contributed by atoms with Gasteiger partial charge in [-0.3, -0.25) is 4.79 Å². The van der Waals surface area contributed by atoms with Gasteiger partial charge in [0.05, 0.1) is 37.4 Å². The molecule has 0 saturated carbocycles. The van der Waals surface area contributed by atoms with E-state index in [9.17, 15) is 4.79 Å². The molecule has 180 valence electrons. The summed E-state index contributed by atoms with van der Waals surface area (Å²) in [5.41, 5.74) is 4.30. The molecule has 0 aliphatic rings. The third kappa shape index (κ3) is 4.69. The molecular formula is C28H25N5O3. The van der Waals surface area contributed by atoms with Gasteiger partial charge in [0.2, 0.25) is 0 Å². The molecule has 0 aliphatic heterocycles. The Bertz CT molecular complexity index is 1480. The molecule has 1 N–H and O–H groups in total. The summed E-state index contributed by atoms with van der Waals surface area (Å²) in [6.45, 7) is 0.321. The second kappa shape index (κ2) is 10.2. The number of benzene rings is 3. The van der Waals surface area contributed by atoms with E-state index in [2.05, 4.69) is 10.4 Å². The van der Waals surface area contributed by atoms with Gasteiger partial charge in [-0.05, 0) is 36.4 Å². The number of carbonyl (C=O) groups excluding carboxylic acids is 1. The Labute approximate surface area is 208 Å². The highest BCUT2D eigenvalue weighted by Crippen LogP contribution is 2.34. The van der Waals surface area contributed by atoms with E-state index < -0.39 is 0 Å². The summed E-state index contributed by atoms with van der Waals surface area (Å²) in [4.78, 5) is 13.4. The van der Waals surface area contributed by atoms with Crippen LogP contribution in [-0.4, -0.2) is 39.7 Å². The van der Waals surface area contributed by atoms with Crippen molar-refractivity contribution in [3.05, 3.63) is 109 Å². The molecule has 0 atom stereocenters. The minimum Gasteiger partial charge on any atom is -0.497 e. The van der Waals surface area contributed by atoms with E-state index in [1.54, 1.807) is 42.0 Å². The van der Waals surface area contributed by atoms with E-state index in [0.717, 1.165) is 16.9 Å². The Kier molecular flexibility index (Phi) is 6.48. The minimum absolute atomic E-state index is 0.252. The van der Waals surface area contributed by atoms with Gasteiger partial charge in [-0.1, -0.05) is 36.4 Å². The lowest BCUT2D eigenvalue weighted by Crippen LogP contribution is -2.22. The van der Waals surface area contributed by atoms with Crippen LogP contribution in [0.25, 0.3) is 22.6 Å². The molecule has 0 spiro atoms. The number of hydrogen-bond acceptors (Lipinski definition) is 5. The minimum atomic E-state index is -0.252. The third-order valence-corrected chi connectivity index (χ3v) is 5.75. The molecule has 0 fully saturated rings. The van der Waals surface area contributed by atoms with Crippen molar-refractivity contribution in [2.75, 3.05) is 14.2 Å². The maximum atomic E-state index is 13.4. The summed E-state index contributed by atoms with van der Waals surface area (Å²) in [5, 5.41) is 12.2. The Hall–Kier alpha value is -4.85. The average Bonchev–Trinajstić information content (AvgIpc) is 3.60. The van der Waals surface area contributed by atoms with Gasteiger partial charge >= 0.3 is 0 Å². The van der Waals surface area contributed by atoms with E-state index in [1.165, 1.54) is 0 Å². The molecule has 2 heterocycles. The average molecular weight is 480 g/mol. The second-order valence-electron chi connectivity index (χ2n) is 8.05. The largest absolute Gasteiger partial charge is 0.497 e. The number of ether oxygens (including phenoxy) is 2. The summed E-state index contributed by atoms with van der Waals surface area (Å²) in [7, 11) is 3.17. The van der Waals surface area contributed by atoms with Gasteiger partial charge in [-0.2, -0.15) is 10.2 Å². The molecule has 2 aromatic heterocycles. The highest BCUT2D eigenvalue weighted by molar-refractivity contribution is 6.00. The fourth-order valence-electron chi connectivity index (χ4n) is 3.90. The smallest absolute Gasteiger partial charge is 0.255 e. The zero-order valence-corrected chi connectivity index (χ0v) is 20.0. The van der Waals surface area contributed by atoms with Crippen molar-refractivity contribution >= 4 is 5.91 Å². The Balaban J connectivity index is 1.45. The number of nitrogens with one attached hydrogen (secondary N) is 1. The van der Waals surface area contributed by atoms with Crippen LogP contribution in [0.2, 0.25) is 0 Å². The molecule has 0 radical (unpaired) electrons. The molecule has 5 aromatic rings. The summed E-state index contributed by atoms with van der Waals surface area (Å²) < 4.78 is 14.4. The lowest BCUT2D eigenvalue weighted by atomic mass is 10.1. The second-order valence-corrected chi connectivity index (χ2v) is 8.05. The van der Waals surface area contributed by atoms with Crippen molar-refractivity contribution < 1.29 is 14.3 Å². The highest BCUT2D eigenvalue weighted by Gasteiger charge is 2.22. The number of methoxy groups -OCH3 is 2. The normalized spacial score (nSPS) is 10.7. The van der Waals surface area contributed by atoms with Crippen LogP contribution < -0.4 is 14.8 Å². The SMILES string of the molecule is COc1ccc(-c2nn(-c3ccccc3)cc2C(=O)NCc2cnn(-c3ccccc3)c2)c(OC)c1. The zero-order valence-electron chi connectivity index (χ0n) is 20.0. The number of hydrogen-bond donors (Lipinski definition) is 1. The third-order valence-electron chi connectivity index (χ3n) is 5.75. The maximum absolute atomic E-state index is 13.4. The summed E-state index contributed by atoms with van der Waals surface area (Å²) in [6, 6.07) is 24.9. The van der Waals surface area contributed by atoms with Crippen molar-refractivity contribution in [2.24, 2.45) is 0 Å². The zero-order chi connectivity index (χ0) is 24.9. The predicted octanol–water partition coefficient (Wildman–Crippen LogP) is 4.67. The van der Waals surface area contributed by atoms with Crippen molar-refractivity contribution in [1.82, 2.24) is 24.9 Å². The Morgan fingerprint density at radius 3 is 2.22 bits per heavy atom. The topological polar surface area (TPSA) is 83.2 Å². The highest BCUT2D eigenvalue weighted by atomic mass is 16.5. The molecule has 0 saturated heterocycles. The Morgan fingerprint density at radius 2 is 1.56 bits per heavy atom. The van der Waals surface area contributed by atoms with Gasteiger partial charge in [-0.15, -0.1) is 0 Å².